The van der Waals surface area contributed by atoms with Crippen molar-refractivity contribution in [3.8, 4) is 0 Å². The van der Waals surface area contributed by atoms with Crippen LogP contribution in [0.5, 0.6) is 0 Å². The van der Waals surface area contributed by atoms with Gasteiger partial charge in [-0.3, -0.25) is 0 Å². The third kappa shape index (κ3) is 3.37. The number of thiophene rings is 1. The highest BCUT2D eigenvalue weighted by Gasteiger charge is 2.12. The lowest BCUT2D eigenvalue weighted by molar-refractivity contribution is 0.592. The topological polar surface area (TPSA) is 12.0 Å². The Morgan fingerprint density at radius 2 is 2.24 bits per heavy atom. The van der Waals surface area contributed by atoms with Crippen LogP contribution in [-0.2, 0) is 6.42 Å². The number of likely N-dealkylation sites (N-methyl/N-ethyl adjacent to an activating group) is 1. The van der Waals surface area contributed by atoms with Crippen molar-refractivity contribution >= 4 is 27.3 Å². The highest BCUT2D eigenvalue weighted by atomic mass is 79.9. The quantitative estimate of drug-likeness (QED) is 0.894. The number of rotatable bonds is 4. The van der Waals surface area contributed by atoms with Gasteiger partial charge in [0.25, 0.3) is 0 Å². The molecule has 90 valence electrons. The summed E-state index contributed by atoms with van der Waals surface area (Å²) in [5.41, 5.74) is 1.01. The molecule has 0 saturated carbocycles. The number of hydrogen-bond acceptors (Lipinski definition) is 2. The normalized spacial score (nSPS) is 12.6. The molecule has 4 heteroatoms. The molecule has 1 N–H and O–H groups in total. The van der Waals surface area contributed by atoms with Gasteiger partial charge in [-0.05, 0) is 53.2 Å². The van der Waals surface area contributed by atoms with E-state index in [4.69, 9.17) is 0 Å². The van der Waals surface area contributed by atoms with E-state index in [0.717, 1.165) is 16.5 Å². The van der Waals surface area contributed by atoms with Gasteiger partial charge in [0, 0.05) is 20.8 Å². The fourth-order valence-corrected chi connectivity index (χ4v) is 3.31. The van der Waals surface area contributed by atoms with Gasteiger partial charge in [0.05, 0.1) is 0 Å². The second-order valence-electron chi connectivity index (χ2n) is 3.84. The monoisotopic (exact) mass is 313 g/mol. The van der Waals surface area contributed by atoms with Crippen LogP contribution >= 0.6 is 27.3 Å². The van der Waals surface area contributed by atoms with Crippen molar-refractivity contribution in [2.45, 2.75) is 12.5 Å². The summed E-state index contributed by atoms with van der Waals surface area (Å²) in [5, 5.41) is 5.33. The summed E-state index contributed by atoms with van der Waals surface area (Å²) < 4.78 is 14.2. The average Bonchev–Trinajstić information content (AvgIpc) is 2.73. The lowest BCUT2D eigenvalue weighted by Crippen LogP contribution is -2.17. The van der Waals surface area contributed by atoms with Crippen LogP contribution in [-0.4, -0.2) is 7.05 Å². The molecule has 0 amide bonds. The third-order valence-corrected chi connectivity index (χ3v) is 4.42. The van der Waals surface area contributed by atoms with Gasteiger partial charge in [-0.2, -0.15) is 0 Å². The Balaban J connectivity index is 2.15. The van der Waals surface area contributed by atoms with Crippen LogP contribution in [0.25, 0.3) is 0 Å². The fraction of sp³-hybridized carbons (Fsp3) is 0.231. The summed E-state index contributed by atoms with van der Waals surface area (Å²) in [6, 6.07) is 9.10. The minimum atomic E-state index is -0.176. The molecule has 0 saturated heterocycles. The van der Waals surface area contributed by atoms with Gasteiger partial charge in [-0.25, -0.2) is 4.39 Å². The highest BCUT2D eigenvalue weighted by molar-refractivity contribution is 9.10. The lowest BCUT2D eigenvalue weighted by Gasteiger charge is -2.14. The van der Waals surface area contributed by atoms with Crippen LogP contribution in [0.15, 0.2) is 40.2 Å². The van der Waals surface area contributed by atoms with Crippen LogP contribution in [0, 0.1) is 5.82 Å². The highest BCUT2D eigenvalue weighted by Crippen LogP contribution is 2.27. The molecule has 0 aliphatic carbocycles. The van der Waals surface area contributed by atoms with E-state index in [1.165, 1.54) is 10.9 Å². The molecule has 0 bridgehead atoms. The van der Waals surface area contributed by atoms with Gasteiger partial charge < -0.3 is 5.32 Å². The van der Waals surface area contributed by atoms with E-state index in [9.17, 15) is 4.39 Å². The molecule has 0 radical (unpaired) electrons. The molecule has 0 aliphatic heterocycles. The van der Waals surface area contributed by atoms with Gasteiger partial charge >= 0.3 is 0 Å². The lowest BCUT2D eigenvalue weighted by atomic mass is 10.0. The largest absolute Gasteiger partial charge is 0.312 e. The van der Waals surface area contributed by atoms with Crippen molar-refractivity contribution in [3.05, 3.63) is 56.4 Å². The number of halogens is 2. The van der Waals surface area contributed by atoms with Crippen molar-refractivity contribution in [1.29, 1.82) is 0 Å². The Kier molecular flexibility index (Phi) is 4.31. The summed E-state index contributed by atoms with van der Waals surface area (Å²) in [6.07, 6.45) is 0.793. The Hall–Kier alpha value is -0.710. The molecule has 1 atom stereocenters. The maximum atomic E-state index is 13.1. The molecule has 17 heavy (non-hydrogen) atoms. The number of benzene rings is 1. The Morgan fingerprint density at radius 1 is 1.41 bits per heavy atom. The van der Waals surface area contributed by atoms with Crippen molar-refractivity contribution in [2.75, 3.05) is 7.05 Å². The van der Waals surface area contributed by atoms with Gasteiger partial charge in [-0.15, -0.1) is 11.3 Å². The van der Waals surface area contributed by atoms with Crippen LogP contribution in [0.4, 0.5) is 4.39 Å². The molecule has 1 aromatic carbocycles. The van der Waals surface area contributed by atoms with Gasteiger partial charge in [0.1, 0.15) is 5.82 Å². The van der Waals surface area contributed by atoms with Gasteiger partial charge in [0.2, 0.25) is 0 Å². The Labute approximate surface area is 113 Å². The SMILES string of the molecule is CNC(Cc1cccc(F)c1)c1cc(Br)cs1. The van der Waals surface area contributed by atoms with E-state index in [0.29, 0.717) is 0 Å². The minimum absolute atomic E-state index is 0.176. The zero-order chi connectivity index (χ0) is 12.3. The summed E-state index contributed by atoms with van der Waals surface area (Å²) in [6.45, 7) is 0. The molecular weight excluding hydrogens is 301 g/mol. The van der Waals surface area contributed by atoms with Crippen LogP contribution < -0.4 is 5.32 Å². The Morgan fingerprint density at radius 3 is 2.82 bits per heavy atom. The van der Waals surface area contributed by atoms with Crippen LogP contribution in [0.1, 0.15) is 16.5 Å². The first-order valence-electron chi connectivity index (χ1n) is 5.34. The predicted octanol–water partition coefficient (Wildman–Crippen LogP) is 4.15. The maximum Gasteiger partial charge on any atom is 0.123 e. The first-order valence-corrected chi connectivity index (χ1v) is 7.02. The summed E-state index contributed by atoms with van der Waals surface area (Å²) in [4.78, 5) is 1.25. The van der Waals surface area contributed by atoms with Crippen LogP contribution in [0.3, 0.4) is 0 Å². The Bertz CT molecular complexity index is 498. The molecule has 1 nitrogen and oxygen atoms in total. The smallest absolute Gasteiger partial charge is 0.123 e. The second kappa shape index (κ2) is 5.76. The van der Waals surface area contributed by atoms with Crippen LogP contribution in [0.2, 0.25) is 0 Å². The molecule has 0 fully saturated rings. The van der Waals surface area contributed by atoms with Crippen molar-refractivity contribution < 1.29 is 4.39 Å². The molecule has 0 spiro atoms. The fourth-order valence-electron chi connectivity index (χ4n) is 1.76. The third-order valence-electron chi connectivity index (χ3n) is 2.61. The molecule has 0 aliphatic rings. The summed E-state index contributed by atoms with van der Waals surface area (Å²) >= 11 is 5.15. The number of hydrogen-bond donors (Lipinski definition) is 1. The molecule has 1 heterocycles. The molecule has 2 rings (SSSR count). The first-order chi connectivity index (χ1) is 8.19. The van der Waals surface area contributed by atoms with Crippen molar-refractivity contribution in [2.24, 2.45) is 0 Å². The van der Waals surface area contributed by atoms with E-state index in [1.807, 2.05) is 13.1 Å². The second-order valence-corrected chi connectivity index (χ2v) is 5.70. The standard InChI is InChI=1S/C13H13BrFNS/c1-16-12(13-7-10(14)8-17-13)6-9-3-2-4-11(15)5-9/h2-5,7-8,12,16H,6H2,1H3. The average molecular weight is 314 g/mol. The van der Waals surface area contributed by atoms with Gasteiger partial charge in [-0.1, -0.05) is 12.1 Å². The van der Waals surface area contributed by atoms with E-state index >= 15 is 0 Å². The molecule has 2 aromatic rings. The van der Waals surface area contributed by atoms with E-state index in [2.05, 4.69) is 32.7 Å². The minimum Gasteiger partial charge on any atom is -0.312 e. The van der Waals surface area contributed by atoms with E-state index in [-0.39, 0.29) is 11.9 Å². The van der Waals surface area contributed by atoms with Gasteiger partial charge in [0.15, 0.2) is 0 Å². The predicted molar refractivity (Wildman–Crippen MR) is 73.9 cm³/mol. The zero-order valence-electron chi connectivity index (χ0n) is 9.41. The molecule has 1 unspecified atom stereocenters. The molecule has 1 aromatic heterocycles. The van der Waals surface area contributed by atoms with Crippen molar-refractivity contribution in [3.63, 3.8) is 0 Å². The summed E-state index contributed by atoms with van der Waals surface area (Å²) in [5.74, 6) is -0.176. The maximum absolute atomic E-state index is 13.1. The summed E-state index contributed by atoms with van der Waals surface area (Å²) in [7, 11) is 1.93. The number of nitrogens with one attached hydrogen (secondary N) is 1. The van der Waals surface area contributed by atoms with E-state index < -0.39 is 0 Å². The molecular formula is C13H13BrFNS. The van der Waals surface area contributed by atoms with E-state index in [1.54, 1.807) is 23.5 Å². The first kappa shape index (κ1) is 12.7. The zero-order valence-corrected chi connectivity index (χ0v) is 11.8. The van der Waals surface area contributed by atoms with Crippen molar-refractivity contribution in [1.82, 2.24) is 5.32 Å².